The Morgan fingerprint density at radius 1 is 1.20 bits per heavy atom. The maximum Gasteiger partial charge on any atom is 0.322 e. The van der Waals surface area contributed by atoms with Crippen molar-refractivity contribution >= 4 is 23.5 Å². The number of likely N-dealkylation sites (tertiary alicyclic amines) is 1. The lowest BCUT2D eigenvalue weighted by Crippen LogP contribution is -2.55. The van der Waals surface area contributed by atoms with Crippen LogP contribution < -0.4 is 15.5 Å². The molecule has 8 nitrogen and oxygen atoms in total. The normalized spacial score (nSPS) is 22.2. The molecule has 2 fully saturated rings. The summed E-state index contributed by atoms with van der Waals surface area (Å²) in [6, 6.07) is 9.91. The van der Waals surface area contributed by atoms with Gasteiger partial charge in [-0.3, -0.25) is 14.9 Å². The van der Waals surface area contributed by atoms with E-state index in [2.05, 4.69) is 34.6 Å². The SMILES string of the molecule is CC1Cc2ccccc2N1Cc1occc1C(=O)N1CCC2(CC1)NC(=O)NC2=O. The van der Waals surface area contributed by atoms with Gasteiger partial charge in [0, 0.05) is 24.8 Å². The Hall–Kier alpha value is -3.29. The van der Waals surface area contributed by atoms with E-state index in [0.29, 0.717) is 49.8 Å². The van der Waals surface area contributed by atoms with Crippen LogP contribution in [0.3, 0.4) is 0 Å². The quantitative estimate of drug-likeness (QED) is 0.758. The Labute approximate surface area is 174 Å². The van der Waals surface area contributed by atoms with Crippen molar-refractivity contribution in [3.05, 3.63) is 53.5 Å². The first-order valence-electron chi connectivity index (χ1n) is 10.3. The van der Waals surface area contributed by atoms with Crippen molar-refractivity contribution in [3.63, 3.8) is 0 Å². The Morgan fingerprint density at radius 3 is 2.70 bits per heavy atom. The molecule has 2 saturated heterocycles. The van der Waals surface area contributed by atoms with Gasteiger partial charge in [-0.1, -0.05) is 18.2 Å². The van der Waals surface area contributed by atoms with E-state index in [9.17, 15) is 14.4 Å². The maximum absolute atomic E-state index is 13.2. The number of carbonyl (C=O) groups is 3. The smallest absolute Gasteiger partial charge is 0.322 e. The van der Waals surface area contributed by atoms with E-state index < -0.39 is 11.6 Å². The Bertz CT molecular complexity index is 1020. The first-order chi connectivity index (χ1) is 14.5. The summed E-state index contributed by atoms with van der Waals surface area (Å²) in [5, 5.41) is 5.02. The molecule has 2 N–H and O–H groups in total. The lowest BCUT2D eigenvalue weighted by molar-refractivity contribution is -0.125. The number of benzene rings is 1. The summed E-state index contributed by atoms with van der Waals surface area (Å²) in [5.74, 6) is 0.250. The van der Waals surface area contributed by atoms with Gasteiger partial charge in [0.1, 0.15) is 11.3 Å². The fraction of sp³-hybridized carbons (Fsp3) is 0.409. The van der Waals surface area contributed by atoms with E-state index in [1.54, 1.807) is 17.2 Å². The number of carbonyl (C=O) groups excluding carboxylic acids is 3. The number of urea groups is 1. The molecule has 4 amide bonds. The summed E-state index contributed by atoms with van der Waals surface area (Å²) in [5.41, 5.74) is 2.16. The zero-order valence-corrected chi connectivity index (χ0v) is 16.8. The van der Waals surface area contributed by atoms with Crippen LogP contribution in [-0.4, -0.2) is 47.4 Å². The molecule has 1 aromatic heterocycles. The van der Waals surface area contributed by atoms with Gasteiger partial charge in [-0.05, 0) is 43.9 Å². The fourth-order valence-corrected chi connectivity index (χ4v) is 4.82. The number of nitrogens with one attached hydrogen (secondary N) is 2. The topological polar surface area (TPSA) is 94.9 Å². The number of rotatable bonds is 3. The molecule has 1 spiro atoms. The maximum atomic E-state index is 13.2. The van der Waals surface area contributed by atoms with Gasteiger partial charge in [-0.15, -0.1) is 0 Å². The molecular weight excluding hydrogens is 384 g/mol. The molecule has 4 heterocycles. The zero-order chi connectivity index (χ0) is 20.9. The lowest BCUT2D eigenvalue weighted by atomic mass is 9.87. The summed E-state index contributed by atoms with van der Waals surface area (Å²) >= 11 is 0. The molecule has 0 radical (unpaired) electrons. The molecule has 1 aromatic carbocycles. The van der Waals surface area contributed by atoms with Gasteiger partial charge in [-0.2, -0.15) is 0 Å². The minimum Gasteiger partial charge on any atom is -0.467 e. The summed E-state index contributed by atoms with van der Waals surface area (Å²) in [6.45, 7) is 3.51. The standard InChI is InChI=1S/C22H24N4O4/c1-14-12-15-4-2-3-5-17(15)26(14)13-18-16(6-11-30-18)19(27)25-9-7-22(8-10-25)20(28)23-21(29)24-22/h2-6,11,14H,7-10,12-13H2,1H3,(H2,23,24,28,29). The van der Waals surface area contributed by atoms with Crippen molar-refractivity contribution in [2.24, 2.45) is 0 Å². The molecule has 8 heteroatoms. The molecular formula is C22H24N4O4. The number of hydrogen-bond donors (Lipinski definition) is 2. The van der Waals surface area contributed by atoms with E-state index in [1.165, 1.54) is 11.3 Å². The summed E-state index contributed by atoms with van der Waals surface area (Å²) in [7, 11) is 0. The van der Waals surface area contributed by atoms with E-state index in [-0.39, 0.29) is 11.8 Å². The van der Waals surface area contributed by atoms with Crippen molar-refractivity contribution < 1.29 is 18.8 Å². The number of hydrogen-bond acceptors (Lipinski definition) is 5. The Morgan fingerprint density at radius 2 is 1.97 bits per heavy atom. The number of fused-ring (bicyclic) bond motifs is 1. The van der Waals surface area contributed by atoms with Crippen LogP contribution in [0.1, 0.15) is 41.4 Å². The minimum absolute atomic E-state index is 0.0986. The van der Waals surface area contributed by atoms with Crippen LogP contribution in [0.2, 0.25) is 0 Å². The van der Waals surface area contributed by atoms with Crippen LogP contribution in [0, 0.1) is 0 Å². The number of nitrogens with zero attached hydrogens (tertiary/aromatic N) is 2. The van der Waals surface area contributed by atoms with Gasteiger partial charge in [0.25, 0.3) is 11.8 Å². The molecule has 0 aliphatic carbocycles. The van der Waals surface area contributed by atoms with Crippen molar-refractivity contribution in [2.75, 3.05) is 18.0 Å². The van der Waals surface area contributed by atoms with E-state index in [4.69, 9.17) is 4.42 Å². The second-order valence-corrected chi connectivity index (χ2v) is 8.35. The van der Waals surface area contributed by atoms with Gasteiger partial charge in [0.15, 0.2) is 0 Å². The Kier molecular flexibility index (Phi) is 4.30. The van der Waals surface area contributed by atoms with Crippen molar-refractivity contribution in [2.45, 2.75) is 44.3 Å². The Balaban J connectivity index is 1.30. The molecule has 3 aliphatic rings. The molecule has 1 unspecified atom stereocenters. The average molecular weight is 408 g/mol. The lowest BCUT2D eigenvalue weighted by Gasteiger charge is -2.37. The van der Waals surface area contributed by atoms with Crippen molar-refractivity contribution in [1.29, 1.82) is 0 Å². The summed E-state index contributed by atoms with van der Waals surface area (Å²) in [4.78, 5) is 40.8. The van der Waals surface area contributed by atoms with Crippen LogP contribution in [0.4, 0.5) is 10.5 Å². The molecule has 0 bridgehead atoms. The van der Waals surface area contributed by atoms with E-state index in [1.807, 2.05) is 12.1 Å². The average Bonchev–Trinajstić information content (AvgIpc) is 3.39. The number of anilines is 1. The highest BCUT2D eigenvalue weighted by atomic mass is 16.3. The monoisotopic (exact) mass is 408 g/mol. The molecule has 1 atom stereocenters. The van der Waals surface area contributed by atoms with E-state index in [0.717, 1.165) is 6.42 Å². The number of piperidine rings is 1. The second kappa shape index (κ2) is 6.90. The summed E-state index contributed by atoms with van der Waals surface area (Å²) in [6.07, 6.45) is 3.34. The van der Waals surface area contributed by atoms with Crippen molar-refractivity contribution in [1.82, 2.24) is 15.5 Å². The second-order valence-electron chi connectivity index (χ2n) is 8.35. The first-order valence-corrected chi connectivity index (χ1v) is 10.3. The molecule has 0 saturated carbocycles. The minimum atomic E-state index is -0.887. The highest BCUT2D eigenvalue weighted by Gasteiger charge is 2.48. The number of imide groups is 1. The highest BCUT2D eigenvalue weighted by molar-refractivity contribution is 6.07. The van der Waals surface area contributed by atoms with Crippen LogP contribution >= 0.6 is 0 Å². The van der Waals surface area contributed by atoms with E-state index >= 15 is 0 Å². The summed E-state index contributed by atoms with van der Waals surface area (Å²) < 4.78 is 5.72. The fourth-order valence-electron chi connectivity index (χ4n) is 4.82. The van der Waals surface area contributed by atoms with Gasteiger partial charge >= 0.3 is 6.03 Å². The van der Waals surface area contributed by atoms with Gasteiger partial charge in [-0.25, -0.2) is 4.79 Å². The number of amides is 4. The predicted molar refractivity (Wildman–Crippen MR) is 109 cm³/mol. The predicted octanol–water partition coefficient (Wildman–Crippen LogP) is 2.04. The van der Waals surface area contributed by atoms with Crippen LogP contribution in [0.5, 0.6) is 0 Å². The van der Waals surface area contributed by atoms with Crippen LogP contribution in [0.15, 0.2) is 41.0 Å². The van der Waals surface area contributed by atoms with Gasteiger partial charge < -0.3 is 19.5 Å². The van der Waals surface area contributed by atoms with Crippen LogP contribution in [-0.2, 0) is 17.8 Å². The van der Waals surface area contributed by atoms with Gasteiger partial charge in [0.2, 0.25) is 0 Å². The molecule has 5 rings (SSSR count). The number of para-hydroxylation sites is 1. The third-order valence-corrected chi connectivity index (χ3v) is 6.56. The molecule has 2 aromatic rings. The molecule has 30 heavy (non-hydrogen) atoms. The molecule has 156 valence electrons. The zero-order valence-electron chi connectivity index (χ0n) is 16.8. The third kappa shape index (κ3) is 2.94. The highest BCUT2D eigenvalue weighted by Crippen LogP contribution is 2.34. The van der Waals surface area contributed by atoms with Gasteiger partial charge in [0.05, 0.1) is 18.4 Å². The van der Waals surface area contributed by atoms with Crippen LogP contribution in [0.25, 0.3) is 0 Å². The third-order valence-electron chi connectivity index (χ3n) is 6.56. The first kappa shape index (κ1) is 18.7. The largest absolute Gasteiger partial charge is 0.467 e. The van der Waals surface area contributed by atoms with Crippen molar-refractivity contribution in [3.8, 4) is 0 Å². The number of furan rings is 1. The molecule has 3 aliphatic heterocycles.